The molecule has 0 radical (unpaired) electrons. The summed E-state index contributed by atoms with van der Waals surface area (Å²) in [4.78, 5) is 32.9. The zero-order chi connectivity index (χ0) is 15.1. The summed E-state index contributed by atoms with van der Waals surface area (Å²) < 4.78 is 12.9. The van der Waals surface area contributed by atoms with E-state index in [0.717, 1.165) is 0 Å². The summed E-state index contributed by atoms with van der Waals surface area (Å²) >= 11 is 0. The number of carbonyl (C=O) groups is 3. The van der Waals surface area contributed by atoms with Crippen molar-refractivity contribution >= 4 is 17.8 Å². The first kappa shape index (κ1) is 15.6. The molecule has 6 nitrogen and oxygen atoms in total. The number of aliphatic carboxylic acids is 2. The van der Waals surface area contributed by atoms with Gasteiger partial charge in [-0.15, -0.1) is 0 Å². The topological polar surface area (TPSA) is 104 Å². The van der Waals surface area contributed by atoms with Crippen LogP contribution in [0.5, 0.6) is 0 Å². The molecular weight excluding hydrogens is 269 g/mol. The molecule has 0 unspecified atom stereocenters. The van der Waals surface area contributed by atoms with Crippen molar-refractivity contribution in [2.75, 3.05) is 0 Å². The average molecular weight is 283 g/mol. The van der Waals surface area contributed by atoms with E-state index >= 15 is 0 Å². The Morgan fingerprint density at radius 3 is 2.50 bits per heavy atom. The van der Waals surface area contributed by atoms with Gasteiger partial charge >= 0.3 is 11.9 Å². The van der Waals surface area contributed by atoms with Gasteiger partial charge in [0, 0.05) is 6.42 Å². The fourth-order valence-electron chi connectivity index (χ4n) is 1.60. The van der Waals surface area contributed by atoms with Gasteiger partial charge in [-0.1, -0.05) is 12.1 Å². The molecule has 0 saturated heterocycles. The van der Waals surface area contributed by atoms with E-state index in [4.69, 9.17) is 10.2 Å². The van der Waals surface area contributed by atoms with Gasteiger partial charge < -0.3 is 15.5 Å². The van der Waals surface area contributed by atoms with E-state index in [1.807, 2.05) is 0 Å². The van der Waals surface area contributed by atoms with Crippen LogP contribution in [0.2, 0.25) is 0 Å². The normalized spacial score (nSPS) is 11.7. The molecular formula is C13H14FNO5. The highest BCUT2D eigenvalue weighted by Gasteiger charge is 2.20. The molecule has 1 amide bonds. The molecule has 7 heteroatoms. The Kier molecular flexibility index (Phi) is 5.64. The number of carboxylic acid groups (broad SMARTS) is 2. The van der Waals surface area contributed by atoms with Gasteiger partial charge in [-0.05, 0) is 24.1 Å². The molecule has 3 N–H and O–H groups in total. The highest BCUT2D eigenvalue weighted by molar-refractivity contribution is 5.85. The van der Waals surface area contributed by atoms with Gasteiger partial charge in [-0.3, -0.25) is 9.59 Å². The summed E-state index contributed by atoms with van der Waals surface area (Å²) in [5, 5.41) is 19.6. The van der Waals surface area contributed by atoms with Crippen molar-refractivity contribution in [3.05, 3.63) is 35.6 Å². The van der Waals surface area contributed by atoms with Gasteiger partial charge in [0.15, 0.2) is 0 Å². The highest BCUT2D eigenvalue weighted by Crippen LogP contribution is 2.05. The summed E-state index contributed by atoms with van der Waals surface area (Å²) in [6, 6.07) is 4.11. The van der Waals surface area contributed by atoms with E-state index in [9.17, 15) is 18.8 Å². The molecule has 0 saturated carbocycles. The van der Waals surface area contributed by atoms with Crippen LogP contribution < -0.4 is 5.32 Å². The van der Waals surface area contributed by atoms with Gasteiger partial charge in [0.05, 0.1) is 6.42 Å². The molecule has 108 valence electrons. The minimum Gasteiger partial charge on any atom is -0.481 e. The number of rotatable bonds is 7. The molecule has 0 heterocycles. The van der Waals surface area contributed by atoms with E-state index < -0.39 is 29.7 Å². The molecule has 0 spiro atoms. The van der Waals surface area contributed by atoms with Crippen molar-refractivity contribution in [1.29, 1.82) is 0 Å². The maximum absolute atomic E-state index is 12.9. The summed E-state index contributed by atoms with van der Waals surface area (Å²) in [7, 11) is 0. The lowest BCUT2D eigenvalue weighted by molar-refractivity contribution is -0.143. The SMILES string of the molecule is O=C(O)CC[C@@H](NC(=O)Cc1cccc(F)c1)C(=O)O. The van der Waals surface area contributed by atoms with Gasteiger partial charge in [0.25, 0.3) is 0 Å². The van der Waals surface area contributed by atoms with Crippen LogP contribution in [0.3, 0.4) is 0 Å². The molecule has 0 bridgehead atoms. The largest absolute Gasteiger partial charge is 0.481 e. The number of halogens is 1. The van der Waals surface area contributed by atoms with Crippen molar-refractivity contribution in [1.82, 2.24) is 5.32 Å². The molecule has 0 aliphatic carbocycles. The first-order chi connectivity index (χ1) is 9.38. The number of carboxylic acids is 2. The van der Waals surface area contributed by atoms with Crippen LogP contribution in [-0.4, -0.2) is 34.1 Å². The second-order valence-corrected chi connectivity index (χ2v) is 4.20. The van der Waals surface area contributed by atoms with Gasteiger partial charge in [0.1, 0.15) is 11.9 Å². The van der Waals surface area contributed by atoms with Crippen molar-refractivity contribution < 1.29 is 29.0 Å². The Hall–Kier alpha value is -2.44. The van der Waals surface area contributed by atoms with Crippen molar-refractivity contribution in [3.63, 3.8) is 0 Å². The van der Waals surface area contributed by atoms with Gasteiger partial charge in [-0.25, -0.2) is 9.18 Å². The van der Waals surface area contributed by atoms with E-state index in [1.165, 1.54) is 24.3 Å². The smallest absolute Gasteiger partial charge is 0.326 e. The summed E-state index contributed by atoms with van der Waals surface area (Å²) in [5.74, 6) is -3.54. The Labute approximate surface area is 114 Å². The zero-order valence-corrected chi connectivity index (χ0v) is 10.5. The molecule has 1 aromatic rings. The molecule has 0 aromatic heterocycles. The van der Waals surface area contributed by atoms with E-state index in [-0.39, 0.29) is 19.3 Å². The molecule has 1 atom stereocenters. The summed E-state index contributed by atoms with van der Waals surface area (Å²) in [6.07, 6.45) is -0.745. The monoisotopic (exact) mass is 283 g/mol. The Morgan fingerprint density at radius 1 is 1.25 bits per heavy atom. The standard InChI is InChI=1S/C13H14FNO5/c14-9-3-1-2-8(6-9)7-11(16)15-10(13(19)20)4-5-12(17)18/h1-3,6,10H,4-5,7H2,(H,15,16)(H,17,18)(H,19,20)/t10-/m1/s1. The molecule has 0 fully saturated rings. The van der Waals surface area contributed by atoms with Gasteiger partial charge in [0.2, 0.25) is 5.91 Å². The summed E-state index contributed by atoms with van der Waals surface area (Å²) in [5.41, 5.74) is 0.407. The molecule has 1 aromatic carbocycles. The third-order valence-corrected chi connectivity index (χ3v) is 2.53. The minimum absolute atomic E-state index is 0.172. The number of carbonyl (C=O) groups excluding carboxylic acids is 1. The molecule has 0 aliphatic heterocycles. The van der Waals surface area contributed by atoms with Crippen LogP contribution in [0, 0.1) is 5.82 Å². The van der Waals surface area contributed by atoms with Crippen LogP contribution in [0.1, 0.15) is 18.4 Å². The van der Waals surface area contributed by atoms with E-state index in [2.05, 4.69) is 5.32 Å². The quantitative estimate of drug-likeness (QED) is 0.686. The average Bonchev–Trinajstić information content (AvgIpc) is 2.33. The Balaban J connectivity index is 2.57. The van der Waals surface area contributed by atoms with Crippen LogP contribution >= 0.6 is 0 Å². The van der Waals surface area contributed by atoms with Crippen molar-refractivity contribution in [2.45, 2.75) is 25.3 Å². The lowest BCUT2D eigenvalue weighted by Crippen LogP contribution is -2.41. The molecule has 20 heavy (non-hydrogen) atoms. The second kappa shape index (κ2) is 7.22. The highest BCUT2D eigenvalue weighted by atomic mass is 19.1. The van der Waals surface area contributed by atoms with Gasteiger partial charge in [-0.2, -0.15) is 0 Å². The maximum atomic E-state index is 12.9. The first-order valence-corrected chi connectivity index (χ1v) is 5.87. The Bertz CT molecular complexity index is 517. The van der Waals surface area contributed by atoms with Crippen LogP contribution in [-0.2, 0) is 20.8 Å². The van der Waals surface area contributed by atoms with Crippen LogP contribution in [0.15, 0.2) is 24.3 Å². The second-order valence-electron chi connectivity index (χ2n) is 4.20. The zero-order valence-electron chi connectivity index (χ0n) is 10.5. The van der Waals surface area contributed by atoms with E-state index in [0.29, 0.717) is 5.56 Å². The third kappa shape index (κ3) is 5.47. The lowest BCUT2D eigenvalue weighted by atomic mass is 10.1. The first-order valence-electron chi connectivity index (χ1n) is 5.87. The summed E-state index contributed by atoms with van der Waals surface area (Å²) in [6.45, 7) is 0. The number of amides is 1. The van der Waals surface area contributed by atoms with E-state index in [1.54, 1.807) is 0 Å². The lowest BCUT2D eigenvalue weighted by Gasteiger charge is -2.13. The molecule has 0 aliphatic rings. The van der Waals surface area contributed by atoms with Crippen LogP contribution in [0.4, 0.5) is 4.39 Å². The fourth-order valence-corrected chi connectivity index (χ4v) is 1.60. The van der Waals surface area contributed by atoms with Crippen molar-refractivity contribution in [2.24, 2.45) is 0 Å². The predicted octanol–water partition coefficient (Wildman–Crippen LogP) is 0.802. The van der Waals surface area contributed by atoms with Crippen LogP contribution in [0.25, 0.3) is 0 Å². The number of benzene rings is 1. The molecule has 1 rings (SSSR count). The minimum atomic E-state index is -1.31. The number of nitrogens with one attached hydrogen (secondary N) is 1. The maximum Gasteiger partial charge on any atom is 0.326 e. The third-order valence-electron chi connectivity index (χ3n) is 2.53. The van der Waals surface area contributed by atoms with Crippen molar-refractivity contribution in [3.8, 4) is 0 Å². The number of hydrogen-bond acceptors (Lipinski definition) is 3. The predicted molar refractivity (Wildman–Crippen MR) is 66.5 cm³/mol. The Morgan fingerprint density at radius 2 is 1.95 bits per heavy atom. The number of hydrogen-bond donors (Lipinski definition) is 3. The fraction of sp³-hybridized carbons (Fsp3) is 0.308.